The first-order valence-electron chi connectivity index (χ1n) is 7.84. The van der Waals surface area contributed by atoms with Crippen LogP contribution in [0.15, 0.2) is 58.3 Å². The Balaban J connectivity index is 0.00000225. The molecule has 134 valence electrons. The fourth-order valence-electron chi connectivity index (χ4n) is 2.57. The number of ether oxygens (including phenoxy) is 1. The molecule has 0 spiro atoms. The van der Waals surface area contributed by atoms with Crippen LogP contribution in [0.5, 0.6) is 0 Å². The Morgan fingerprint density at radius 2 is 1.96 bits per heavy atom. The van der Waals surface area contributed by atoms with E-state index >= 15 is 0 Å². The second-order valence-electron chi connectivity index (χ2n) is 5.63. The monoisotopic (exact) mass is 398 g/mol. The van der Waals surface area contributed by atoms with Crippen LogP contribution in [-0.2, 0) is 9.53 Å². The van der Waals surface area contributed by atoms with E-state index in [4.69, 9.17) is 22.1 Å². The van der Waals surface area contributed by atoms with Gasteiger partial charge in [0.05, 0.1) is 6.10 Å². The molecule has 0 saturated carbocycles. The van der Waals surface area contributed by atoms with Gasteiger partial charge in [-0.15, -0.1) is 12.4 Å². The topological polar surface area (TPSA) is 64.4 Å². The lowest BCUT2D eigenvalue weighted by Gasteiger charge is -2.13. The zero-order chi connectivity index (χ0) is 16.9. The van der Waals surface area contributed by atoms with Gasteiger partial charge in [0.25, 0.3) is 5.91 Å². The average Bonchev–Trinajstić information content (AvgIpc) is 3.07. The van der Waals surface area contributed by atoms with Crippen molar-refractivity contribution in [3.8, 4) is 0 Å². The molecule has 7 heteroatoms. The first-order valence-corrected chi connectivity index (χ1v) is 9.03. The van der Waals surface area contributed by atoms with Gasteiger partial charge in [-0.3, -0.25) is 4.79 Å². The summed E-state index contributed by atoms with van der Waals surface area (Å²) in [6, 6.07) is 15.4. The Morgan fingerprint density at radius 1 is 1.20 bits per heavy atom. The molecule has 1 amide bonds. The minimum absolute atomic E-state index is 0. The van der Waals surface area contributed by atoms with Gasteiger partial charge in [-0.1, -0.05) is 29.4 Å². The quantitative estimate of drug-likeness (QED) is 0.784. The molecule has 1 heterocycles. The van der Waals surface area contributed by atoms with Crippen LogP contribution >= 0.6 is 35.8 Å². The van der Waals surface area contributed by atoms with Crippen molar-refractivity contribution >= 4 is 47.4 Å². The highest BCUT2D eigenvalue weighted by Gasteiger charge is 2.29. The fraction of sp³-hybridized carbons (Fsp3) is 0.278. The van der Waals surface area contributed by atoms with E-state index in [1.54, 1.807) is 11.8 Å². The number of nitrogens with two attached hydrogens (primary N) is 1. The lowest BCUT2D eigenvalue weighted by molar-refractivity contribution is -0.126. The molecule has 3 rings (SSSR count). The van der Waals surface area contributed by atoms with Crippen molar-refractivity contribution in [2.75, 3.05) is 11.9 Å². The molecule has 2 aromatic rings. The second-order valence-corrected chi connectivity index (χ2v) is 7.22. The predicted octanol–water partition coefficient (Wildman–Crippen LogP) is 4.36. The molecule has 0 bridgehead atoms. The van der Waals surface area contributed by atoms with Crippen LogP contribution in [0, 0.1) is 0 Å². The SMILES string of the molecule is Cl.NC[C@H]1CC[C@@H](C(=O)Nc2cccc(Sc3ccc(Cl)cc3)c2)O1. The molecule has 0 radical (unpaired) electrons. The maximum Gasteiger partial charge on any atom is 0.253 e. The number of carbonyl (C=O) groups excluding carboxylic acids is 1. The van der Waals surface area contributed by atoms with Gasteiger partial charge in [0.1, 0.15) is 6.10 Å². The van der Waals surface area contributed by atoms with Gasteiger partial charge in [0.2, 0.25) is 0 Å². The Hall–Kier alpha value is -1.24. The van der Waals surface area contributed by atoms with E-state index in [9.17, 15) is 4.79 Å². The molecule has 4 nitrogen and oxygen atoms in total. The van der Waals surface area contributed by atoms with Crippen LogP contribution in [0.3, 0.4) is 0 Å². The lowest BCUT2D eigenvalue weighted by atomic mass is 10.2. The predicted molar refractivity (Wildman–Crippen MR) is 105 cm³/mol. The number of hydrogen-bond donors (Lipinski definition) is 2. The van der Waals surface area contributed by atoms with E-state index in [1.807, 2.05) is 48.5 Å². The highest BCUT2D eigenvalue weighted by atomic mass is 35.5. The maximum absolute atomic E-state index is 12.3. The van der Waals surface area contributed by atoms with Gasteiger partial charge in [0.15, 0.2) is 0 Å². The standard InChI is InChI=1S/C18H19ClN2O2S.ClH/c19-12-4-7-15(8-5-12)24-16-3-1-2-13(10-16)21-18(22)17-9-6-14(11-20)23-17;/h1-5,7-8,10,14,17H,6,9,11,20H2,(H,21,22);1H/t14-,17+;/m1./s1. The maximum atomic E-state index is 12.3. The number of halogens is 2. The van der Waals surface area contributed by atoms with Crippen molar-refractivity contribution in [3.63, 3.8) is 0 Å². The van der Waals surface area contributed by atoms with Crippen LogP contribution in [0.1, 0.15) is 12.8 Å². The molecular formula is C18H20Cl2N2O2S. The molecule has 0 unspecified atom stereocenters. The van der Waals surface area contributed by atoms with Crippen molar-refractivity contribution in [2.45, 2.75) is 34.8 Å². The van der Waals surface area contributed by atoms with Crippen molar-refractivity contribution in [1.29, 1.82) is 0 Å². The second kappa shape index (κ2) is 9.46. The van der Waals surface area contributed by atoms with E-state index in [-0.39, 0.29) is 24.4 Å². The lowest BCUT2D eigenvalue weighted by Crippen LogP contribution is -2.29. The smallest absolute Gasteiger partial charge is 0.253 e. The zero-order valence-electron chi connectivity index (χ0n) is 13.5. The van der Waals surface area contributed by atoms with Crippen molar-refractivity contribution in [1.82, 2.24) is 0 Å². The minimum atomic E-state index is -0.411. The summed E-state index contributed by atoms with van der Waals surface area (Å²) in [5.74, 6) is -0.111. The molecule has 2 aromatic carbocycles. The summed E-state index contributed by atoms with van der Waals surface area (Å²) in [6.45, 7) is 0.455. The third-order valence-corrected chi connectivity index (χ3v) is 5.06. The molecule has 0 aromatic heterocycles. The highest BCUT2D eigenvalue weighted by Crippen LogP contribution is 2.30. The summed E-state index contributed by atoms with van der Waals surface area (Å²) >= 11 is 7.52. The van der Waals surface area contributed by atoms with Gasteiger partial charge in [0, 0.05) is 27.0 Å². The summed E-state index contributed by atoms with van der Waals surface area (Å²) in [5.41, 5.74) is 6.35. The number of benzene rings is 2. The third-order valence-electron chi connectivity index (χ3n) is 3.81. The molecule has 1 aliphatic heterocycles. The number of hydrogen-bond acceptors (Lipinski definition) is 4. The van der Waals surface area contributed by atoms with Crippen molar-refractivity contribution in [2.24, 2.45) is 5.73 Å². The van der Waals surface area contributed by atoms with E-state index in [0.717, 1.165) is 21.9 Å². The van der Waals surface area contributed by atoms with Crippen LogP contribution < -0.4 is 11.1 Å². The van der Waals surface area contributed by atoms with Gasteiger partial charge in [-0.05, 0) is 55.3 Å². The number of amides is 1. The average molecular weight is 399 g/mol. The number of carbonyl (C=O) groups is 1. The molecule has 1 aliphatic rings. The van der Waals surface area contributed by atoms with E-state index < -0.39 is 6.10 Å². The Bertz CT molecular complexity index is 712. The van der Waals surface area contributed by atoms with Crippen LogP contribution in [0.2, 0.25) is 5.02 Å². The minimum Gasteiger partial charge on any atom is -0.364 e. The van der Waals surface area contributed by atoms with Gasteiger partial charge in [-0.2, -0.15) is 0 Å². The number of rotatable bonds is 5. The zero-order valence-corrected chi connectivity index (χ0v) is 15.9. The van der Waals surface area contributed by atoms with E-state index in [0.29, 0.717) is 18.0 Å². The van der Waals surface area contributed by atoms with Gasteiger partial charge < -0.3 is 15.8 Å². The first-order chi connectivity index (χ1) is 11.6. The third kappa shape index (κ3) is 5.62. The van der Waals surface area contributed by atoms with Crippen molar-refractivity contribution in [3.05, 3.63) is 53.6 Å². The molecule has 1 saturated heterocycles. The largest absolute Gasteiger partial charge is 0.364 e. The summed E-state index contributed by atoms with van der Waals surface area (Å²) in [4.78, 5) is 14.4. The highest BCUT2D eigenvalue weighted by molar-refractivity contribution is 7.99. The van der Waals surface area contributed by atoms with Gasteiger partial charge >= 0.3 is 0 Å². The summed E-state index contributed by atoms with van der Waals surface area (Å²) in [5, 5.41) is 3.64. The first kappa shape index (κ1) is 20.1. The van der Waals surface area contributed by atoms with E-state index in [1.165, 1.54) is 0 Å². The molecule has 2 atom stereocenters. The number of anilines is 1. The van der Waals surface area contributed by atoms with Crippen LogP contribution in [0.4, 0.5) is 5.69 Å². The molecule has 0 aliphatic carbocycles. The summed E-state index contributed by atoms with van der Waals surface area (Å²) in [6.07, 6.45) is 1.13. The Labute approximate surface area is 162 Å². The summed E-state index contributed by atoms with van der Waals surface area (Å²) in [7, 11) is 0. The Kier molecular flexibility index (Phi) is 7.59. The Morgan fingerprint density at radius 3 is 2.64 bits per heavy atom. The van der Waals surface area contributed by atoms with Crippen LogP contribution in [-0.4, -0.2) is 24.7 Å². The van der Waals surface area contributed by atoms with Crippen molar-refractivity contribution < 1.29 is 9.53 Å². The molecule has 1 fully saturated rings. The normalized spacial score (nSPS) is 19.3. The molecular weight excluding hydrogens is 379 g/mol. The molecule has 3 N–H and O–H groups in total. The van der Waals surface area contributed by atoms with E-state index in [2.05, 4.69) is 5.32 Å². The summed E-state index contributed by atoms with van der Waals surface area (Å²) < 4.78 is 5.63. The molecule has 25 heavy (non-hydrogen) atoms. The fourth-order valence-corrected chi connectivity index (χ4v) is 3.57. The van der Waals surface area contributed by atoms with Crippen LogP contribution in [0.25, 0.3) is 0 Å². The van der Waals surface area contributed by atoms with Gasteiger partial charge in [-0.25, -0.2) is 0 Å². The number of nitrogens with one attached hydrogen (secondary N) is 1.